The van der Waals surface area contributed by atoms with Crippen LogP contribution < -0.4 is 15.8 Å². The van der Waals surface area contributed by atoms with E-state index in [1.165, 1.54) is 5.57 Å². The van der Waals surface area contributed by atoms with Crippen molar-refractivity contribution < 1.29 is 0 Å². The fraction of sp³-hybridized carbons (Fsp3) is 0.167. The predicted octanol–water partition coefficient (Wildman–Crippen LogP) is 0.932. The molecule has 0 fully saturated rings. The fourth-order valence-corrected chi connectivity index (χ4v) is 2.45. The quantitative estimate of drug-likeness (QED) is 0.776. The second-order valence-electron chi connectivity index (χ2n) is 4.40. The minimum absolute atomic E-state index is 0.115. The van der Waals surface area contributed by atoms with Gasteiger partial charge in [-0.15, -0.1) is 0 Å². The minimum atomic E-state index is 0.115. The van der Waals surface area contributed by atoms with E-state index in [0.717, 1.165) is 17.1 Å². The van der Waals surface area contributed by atoms with Gasteiger partial charge in [0.25, 0.3) is 0 Å². The van der Waals surface area contributed by atoms with E-state index in [9.17, 15) is 0 Å². The highest BCUT2D eigenvalue weighted by molar-refractivity contribution is 5.87. The Morgan fingerprint density at radius 3 is 3.11 bits per heavy atom. The van der Waals surface area contributed by atoms with Crippen molar-refractivity contribution >= 4 is 16.9 Å². The van der Waals surface area contributed by atoms with Crippen molar-refractivity contribution in [2.45, 2.75) is 6.17 Å². The Morgan fingerprint density at radius 1 is 1.33 bits per heavy atom. The van der Waals surface area contributed by atoms with Crippen molar-refractivity contribution in [2.24, 2.45) is 7.05 Å². The van der Waals surface area contributed by atoms with E-state index >= 15 is 0 Å². The molecule has 4 heterocycles. The van der Waals surface area contributed by atoms with E-state index in [-0.39, 0.29) is 6.17 Å². The topological polar surface area (TPSA) is 58.0 Å². The summed E-state index contributed by atoms with van der Waals surface area (Å²) in [5, 5.41) is 9.63. The van der Waals surface area contributed by atoms with Crippen molar-refractivity contribution in [3.63, 3.8) is 0 Å². The molecule has 4 rings (SSSR count). The summed E-state index contributed by atoms with van der Waals surface area (Å²) < 4.78 is 1.89. The highest BCUT2D eigenvalue weighted by atomic mass is 15.6. The maximum absolute atomic E-state index is 4.25. The molecule has 2 aromatic heterocycles. The third-order valence-electron chi connectivity index (χ3n) is 3.28. The van der Waals surface area contributed by atoms with Crippen LogP contribution in [-0.4, -0.2) is 20.9 Å². The zero-order valence-corrected chi connectivity index (χ0v) is 9.83. The Balaban J connectivity index is 1.75. The molecule has 0 spiro atoms. The number of rotatable bonds is 1. The zero-order chi connectivity index (χ0) is 12.1. The number of hydrazine groups is 1. The largest absolute Gasteiger partial charge is 0.362 e. The maximum atomic E-state index is 4.25. The van der Waals surface area contributed by atoms with Gasteiger partial charge in [-0.05, 0) is 12.1 Å². The fourth-order valence-electron chi connectivity index (χ4n) is 2.45. The average molecular weight is 240 g/mol. The highest BCUT2D eigenvalue weighted by Crippen LogP contribution is 2.37. The van der Waals surface area contributed by atoms with Crippen LogP contribution >= 0.6 is 0 Å². The smallest absolute Gasteiger partial charge is 0.124 e. The molecule has 2 N–H and O–H groups in total. The molecule has 1 atom stereocenters. The van der Waals surface area contributed by atoms with Gasteiger partial charge in [-0.1, -0.05) is 0 Å². The van der Waals surface area contributed by atoms with Gasteiger partial charge >= 0.3 is 0 Å². The summed E-state index contributed by atoms with van der Waals surface area (Å²) in [6.45, 7) is 0. The molecule has 0 amide bonds. The molecular formula is C12H12N6. The third kappa shape index (κ3) is 1.20. The van der Waals surface area contributed by atoms with Crippen LogP contribution in [0.2, 0.25) is 0 Å². The maximum Gasteiger partial charge on any atom is 0.124 e. The molecule has 1 unspecified atom stereocenters. The lowest BCUT2D eigenvalue weighted by Crippen LogP contribution is -2.39. The molecule has 0 saturated heterocycles. The molecule has 0 aliphatic carbocycles. The van der Waals surface area contributed by atoms with E-state index in [2.05, 4.69) is 27.0 Å². The third-order valence-corrected chi connectivity index (χ3v) is 3.28. The minimum Gasteiger partial charge on any atom is -0.362 e. The van der Waals surface area contributed by atoms with Gasteiger partial charge in [0.1, 0.15) is 6.17 Å². The number of fused-ring (bicyclic) bond motifs is 3. The van der Waals surface area contributed by atoms with Gasteiger partial charge in [0, 0.05) is 25.0 Å². The Morgan fingerprint density at radius 2 is 2.28 bits per heavy atom. The standard InChI is InChI=1S/C12H12N6/c1-17-11-9-7-18(8-3-2-4-13-5-8)16-12(9)15-10(11)6-14-17/h2-7,12,15-16H,1H3. The van der Waals surface area contributed by atoms with E-state index in [4.69, 9.17) is 0 Å². The van der Waals surface area contributed by atoms with Crippen molar-refractivity contribution in [1.29, 1.82) is 0 Å². The van der Waals surface area contributed by atoms with Gasteiger partial charge in [-0.2, -0.15) is 5.10 Å². The lowest BCUT2D eigenvalue weighted by molar-refractivity contribution is 0.700. The SMILES string of the molecule is Cn1ncc2c1C1=CN(c3cccnc3)NC1N2. The number of hydrogen-bond acceptors (Lipinski definition) is 5. The summed E-state index contributed by atoms with van der Waals surface area (Å²) in [6, 6.07) is 3.94. The first kappa shape index (κ1) is 9.67. The van der Waals surface area contributed by atoms with Crippen LogP contribution in [0, 0.1) is 0 Å². The molecule has 0 bridgehead atoms. The highest BCUT2D eigenvalue weighted by Gasteiger charge is 2.35. The second kappa shape index (κ2) is 3.33. The molecule has 2 aliphatic rings. The first-order valence-corrected chi connectivity index (χ1v) is 5.79. The predicted molar refractivity (Wildman–Crippen MR) is 68.4 cm³/mol. The summed E-state index contributed by atoms with van der Waals surface area (Å²) in [7, 11) is 1.95. The molecule has 2 aromatic rings. The van der Waals surface area contributed by atoms with Gasteiger partial charge < -0.3 is 5.32 Å². The monoisotopic (exact) mass is 240 g/mol. The molecule has 18 heavy (non-hydrogen) atoms. The van der Waals surface area contributed by atoms with Gasteiger partial charge in [-0.25, -0.2) is 5.43 Å². The van der Waals surface area contributed by atoms with Crippen molar-refractivity contribution in [1.82, 2.24) is 20.2 Å². The number of hydrogen-bond donors (Lipinski definition) is 2. The van der Waals surface area contributed by atoms with E-state index in [0.29, 0.717) is 0 Å². The first-order chi connectivity index (χ1) is 8.83. The Bertz CT molecular complexity index is 629. The van der Waals surface area contributed by atoms with Gasteiger partial charge in [0.2, 0.25) is 0 Å². The van der Waals surface area contributed by atoms with Crippen LogP contribution in [0.1, 0.15) is 5.69 Å². The van der Waals surface area contributed by atoms with Crippen LogP contribution in [0.15, 0.2) is 36.9 Å². The lowest BCUT2D eigenvalue weighted by atomic mass is 10.2. The summed E-state index contributed by atoms with van der Waals surface area (Å²) in [4.78, 5) is 4.13. The number of aromatic nitrogens is 3. The summed E-state index contributed by atoms with van der Waals surface area (Å²) in [5.41, 5.74) is 7.81. The van der Waals surface area contributed by atoms with Crippen molar-refractivity contribution in [3.8, 4) is 0 Å². The summed E-state index contributed by atoms with van der Waals surface area (Å²) >= 11 is 0. The van der Waals surface area contributed by atoms with Crippen molar-refractivity contribution in [2.75, 3.05) is 10.3 Å². The number of nitrogens with zero attached hydrogens (tertiary/aromatic N) is 4. The van der Waals surface area contributed by atoms with Gasteiger partial charge in [0.05, 0.1) is 29.5 Å². The number of anilines is 2. The number of nitrogens with one attached hydrogen (secondary N) is 2. The van der Waals surface area contributed by atoms with Crippen LogP contribution in [-0.2, 0) is 7.05 Å². The van der Waals surface area contributed by atoms with E-state index in [1.807, 2.05) is 41.3 Å². The Labute approximate surface area is 104 Å². The van der Waals surface area contributed by atoms with Gasteiger partial charge in [-0.3, -0.25) is 14.7 Å². The molecule has 0 aromatic carbocycles. The summed E-state index contributed by atoms with van der Waals surface area (Å²) in [6.07, 6.45) is 7.65. The molecular weight excluding hydrogens is 228 g/mol. The first-order valence-electron chi connectivity index (χ1n) is 5.79. The normalized spacial score (nSPS) is 20.4. The van der Waals surface area contributed by atoms with E-state index in [1.54, 1.807) is 6.20 Å². The Kier molecular flexibility index (Phi) is 1.79. The zero-order valence-electron chi connectivity index (χ0n) is 9.83. The molecule has 2 aliphatic heterocycles. The second-order valence-corrected chi connectivity index (χ2v) is 4.40. The van der Waals surface area contributed by atoms with Crippen LogP contribution in [0.25, 0.3) is 5.57 Å². The molecule has 0 radical (unpaired) electrons. The lowest BCUT2D eigenvalue weighted by Gasteiger charge is -2.18. The molecule has 6 heteroatoms. The molecule has 0 saturated carbocycles. The molecule has 90 valence electrons. The van der Waals surface area contributed by atoms with Crippen molar-refractivity contribution in [3.05, 3.63) is 42.6 Å². The van der Waals surface area contributed by atoms with Crippen LogP contribution in [0.4, 0.5) is 11.4 Å². The average Bonchev–Trinajstić information content (AvgIpc) is 3.02. The van der Waals surface area contributed by atoms with Gasteiger partial charge in [0.15, 0.2) is 0 Å². The van der Waals surface area contributed by atoms with Crippen LogP contribution in [0.3, 0.4) is 0 Å². The summed E-state index contributed by atoms with van der Waals surface area (Å²) in [5.74, 6) is 0. The number of aryl methyl sites for hydroxylation is 1. The van der Waals surface area contributed by atoms with Crippen LogP contribution in [0.5, 0.6) is 0 Å². The Hall–Kier alpha value is -2.34. The van der Waals surface area contributed by atoms with E-state index < -0.39 is 0 Å². The molecule has 6 nitrogen and oxygen atoms in total. The number of pyridine rings is 1.